The van der Waals surface area contributed by atoms with Crippen molar-refractivity contribution >= 4 is 39.1 Å². The summed E-state index contributed by atoms with van der Waals surface area (Å²) in [5, 5.41) is 3.62. The van der Waals surface area contributed by atoms with Crippen LogP contribution in [0.3, 0.4) is 0 Å². The molecule has 0 bridgehead atoms. The molecule has 0 spiro atoms. The van der Waals surface area contributed by atoms with E-state index in [2.05, 4.69) is 5.32 Å². The van der Waals surface area contributed by atoms with E-state index in [0.29, 0.717) is 17.1 Å². The Balaban J connectivity index is 1.69. The van der Waals surface area contributed by atoms with Crippen molar-refractivity contribution in [2.24, 2.45) is 0 Å². The Bertz CT molecular complexity index is 1420. The summed E-state index contributed by atoms with van der Waals surface area (Å²) in [7, 11) is -4.11. The van der Waals surface area contributed by atoms with E-state index < -0.39 is 28.5 Å². The van der Waals surface area contributed by atoms with Crippen LogP contribution in [0.2, 0.25) is 5.02 Å². The summed E-state index contributed by atoms with van der Waals surface area (Å²) >= 11 is 6.09. The summed E-state index contributed by atoms with van der Waals surface area (Å²) in [5.41, 5.74) is 2.21. The smallest absolute Gasteiger partial charge is 0.264 e. The molecule has 4 rings (SSSR count). The number of carbonyl (C=O) groups is 2. The van der Waals surface area contributed by atoms with E-state index in [4.69, 9.17) is 11.6 Å². The molecular weight excluding hydrogens is 558 g/mol. The number of anilines is 1. The average molecular weight is 596 g/mol. The third kappa shape index (κ3) is 7.89. The highest BCUT2D eigenvalue weighted by molar-refractivity contribution is 7.92. The van der Waals surface area contributed by atoms with Crippen LogP contribution in [0.5, 0.6) is 0 Å². The summed E-state index contributed by atoms with van der Waals surface area (Å²) < 4.78 is 28.8. The molecule has 0 radical (unpaired) electrons. The van der Waals surface area contributed by atoms with E-state index in [-0.39, 0.29) is 23.4 Å². The van der Waals surface area contributed by atoms with E-state index in [9.17, 15) is 18.0 Å². The maximum Gasteiger partial charge on any atom is 0.264 e. The van der Waals surface area contributed by atoms with Crippen LogP contribution in [-0.2, 0) is 26.2 Å². The van der Waals surface area contributed by atoms with Gasteiger partial charge in [0.2, 0.25) is 11.8 Å². The molecule has 1 aliphatic carbocycles. The highest BCUT2D eigenvalue weighted by Gasteiger charge is 2.34. The molecule has 218 valence electrons. The van der Waals surface area contributed by atoms with Gasteiger partial charge in [0, 0.05) is 17.6 Å². The quantitative estimate of drug-likeness (QED) is 0.290. The predicted octanol–water partition coefficient (Wildman–Crippen LogP) is 6.10. The SMILES string of the molecule is CC[C@H](C(=O)NC1CCCCC1)N(Cc1cccc(C)c1)C(=O)CN(c1ccc(Cl)cc1)S(=O)(=O)c1ccccc1. The van der Waals surface area contributed by atoms with E-state index in [1.807, 2.05) is 38.1 Å². The van der Waals surface area contributed by atoms with Gasteiger partial charge in [-0.05, 0) is 68.1 Å². The topological polar surface area (TPSA) is 86.8 Å². The maximum absolute atomic E-state index is 14.2. The standard InChI is InChI=1S/C32H38ClN3O4S/c1-3-30(32(38)34-27-13-6-4-7-14-27)35(22-25-12-10-11-24(2)21-25)31(37)23-36(28-19-17-26(33)18-20-28)41(39,40)29-15-8-5-9-16-29/h5,8-12,15-21,27,30H,3-4,6-7,13-14,22-23H2,1-2H3,(H,34,38)/t30-/m1/s1. The van der Waals surface area contributed by atoms with Gasteiger partial charge in [0.1, 0.15) is 12.6 Å². The van der Waals surface area contributed by atoms with Gasteiger partial charge >= 0.3 is 0 Å². The molecule has 1 aliphatic rings. The van der Waals surface area contributed by atoms with Crippen LogP contribution in [0.15, 0.2) is 83.8 Å². The van der Waals surface area contributed by atoms with Crippen molar-refractivity contribution in [3.63, 3.8) is 0 Å². The van der Waals surface area contributed by atoms with Crippen LogP contribution in [0.1, 0.15) is 56.6 Å². The van der Waals surface area contributed by atoms with Crippen molar-refractivity contribution in [3.8, 4) is 0 Å². The Labute approximate surface area is 248 Å². The molecule has 0 heterocycles. The van der Waals surface area contributed by atoms with E-state index in [0.717, 1.165) is 47.5 Å². The van der Waals surface area contributed by atoms with Crippen LogP contribution in [0.4, 0.5) is 5.69 Å². The van der Waals surface area contributed by atoms with Crippen molar-refractivity contribution in [2.45, 2.75) is 75.9 Å². The number of hydrogen-bond acceptors (Lipinski definition) is 4. The number of sulfonamides is 1. The molecule has 1 atom stereocenters. The molecular formula is C32H38ClN3O4S. The molecule has 1 saturated carbocycles. The number of hydrogen-bond donors (Lipinski definition) is 1. The first-order chi connectivity index (χ1) is 19.7. The molecule has 3 aromatic rings. The number of carbonyl (C=O) groups excluding carboxylic acids is 2. The van der Waals surface area contributed by atoms with Gasteiger partial charge in [-0.15, -0.1) is 0 Å². The summed E-state index contributed by atoms with van der Waals surface area (Å²) in [6.45, 7) is 3.55. The molecule has 0 saturated heterocycles. The van der Waals surface area contributed by atoms with Gasteiger partial charge in [-0.1, -0.05) is 85.8 Å². The molecule has 9 heteroatoms. The largest absolute Gasteiger partial charge is 0.352 e. The van der Waals surface area contributed by atoms with Crippen LogP contribution in [0.25, 0.3) is 0 Å². The molecule has 0 unspecified atom stereocenters. The lowest BCUT2D eigenvalue weighted by Crippen LogP contribution is -2.54. The van der Waals surface area contributed by atoms with Crippen LogP contribution in [-0.4, -0.2) is 43.8 Å². The zero-order valence-electron chi connectivity index (χ0n) is 23.6. The zero-order chi connectivity index (χ0) is 29.4. The van der Waals surface area contributed by atoms with Gasteiger partial charge in [-0.2, -0.15) is 0 Å². The second kappa shape index (κ2) is 14.0. The normalized spacial score (nSPS) is 14.7. The van der Waals surface area contributed by atoms with Crippen molar-refractivity contribution in [3.05, 3.63) is 95.0 Å². The lowest BCUT2D eigenvalue weighted by Gasteiger charge is -2.34. The fourth-order valence-corrected chi connectivity index (χ4v) is 6.89. The first kappa shape index (κ1) is 30.6. The fraction of sp³-hybridized carbons (Fsp3) is 0.375. The van der Waals surface area contributed by atoms with Gasteiger partial charge in [0.05, 0.1) is 10.6 Å². The molecule has 0 aliphatic heterocycles. The number of nitrogens with one attached hydrogen (secondary N) is 1. The summed E-state index contributed by atoms with van der Waals surface area (Å²) in [6.07, 6.45) is 5.55. The molecule has 41 heavy (non-hydrogen) atoms. The number of nitrogens with zero attached hydrogens (tertiary/aromatic N) is 2. The third-order valence-corrected chi connectivity index (χ3v) is 9.54. The molecule has 2 amide bonds. The predicted molar refractivity (Wildman–Crippen MR) is 163 cm³/mol. The van der Waals surface area contributed by atoms with Gasteiger partial charge in [-0.3, -0.25) is 13.9 Å². The van der Waals surface area contributed by atoms with Gasteiger partial charge in [0.15, 0.2) is 0 Å². The Morgan fingerprint density at radius 1 is 0.951 bits per heavy atom. The molecule has 1 fully saturated rings. The van der Waals surface area contributed by atoms with E-state index >= 15 is 0 Å². The first-order valence-electron chi connectivity index (χ1n) is 14.2. The highest BCUT2D eigenvalue weighted by Crippen LogP contribution is 2.26. The van der Waals surface area contributed by atoms with Crippen LogP contribution < -0.4 is 9.62 Å². The molecule has 3 aromatic carbocycles. The number of halogens is 1. The number of rotatable bonds is 11. The third-order valence-electron chi connectivity index (χ3n) is 7.50. The lowest BCUT2D eigenvalue weighted by atomic mass is 9.95. The Kier molecular flexibility index (Phi) is 10.5. The Morgan fingerprint density at radius 3 is 2.27 bits per heavy atom. The number of aryl methyl sites for hydroxylation is 1. The van der Waals surface area contributed by atoms with Crippen molar-refractivity contribution in [1.29, 1.82) is 0 Å². The molecule has 1 N–H and O–H groups in total. The summed E-state index contributed by atoms with van der Waals surface area (Å²) in [5.74, 6) is -0.670. The fourth-order valence-electron chi connectivity index (χ4n) is 5.33. The number of amides is 2. The molecule has 7 nitrogen and oxygen atoms in total. The average Bonchev–Trinajstić information content (AvgIpc) is 2.97. The minimum Gasteiger partial charge on any atom is -0.352 e. The second-order valence-corrected chi connectivity index (χ2v) is 12.9. The summed E-state index contributed by atoms with van der Waals surface area (Å²) in [4.78, 5) is 29.4. The second-order valence-electron chi connectivity index (χ2n) is 10.6. The van der Waals surface area contributed by atoms with Gasteiger partial charge in [-0.25, -0.2) is 8.42 Å². The Morgan fingerprint density at radius 2 is 1.63 bits per heavy atom. The van der Waals surface area contributed by atoms with E-state index in [1.54, 1.807) is 42.5 Å². The minimum atomic E-state index is -4.11. The maximum atomic E-state index is 14.2. The number of benzene rings is 3. The molecule has 0 aromatic heterocycles. The Hall–Kier alpha value is -3.36. The first-order valence-corrected chi connectivity index (χ1v) is 16.0. The van der Waals surface area contributed by atoms with Gasteiger partial charge in [0.25, 0.3) is 10.0 Å². The van der Waals surface area contributed by atoms with E-state index in [1.165, 1.54) is 17.0 Å². The monoisotopic (exact) mass is 595 g/mol. The highest BCUT2D eigenvalue weighted by atomic mass is 35.5. The summed E-state index contributed by atoms with van der Waals surface area (Å²) in [6, 6.07) is 21.5. The van der Waals surface area contributed by atoms with Gasteiger partial charge < -0.3 is 10.2 Å². The van der Waals surface area contributed by atoms with Crippen LogP contribution in [0, 0.1) is 6.92 Å². The van der Waals surface area contributed by atoms with Crippen LogP contribution >= 0.6 is 11.6 Å². The van der Waals surface area contributed by atoms with Crippen molar-refractivity contribution in [2.75, 3.05) is 10.8 Å². The minimum absolute atomic E-state index is 0.0649. The van der Waals surface area contributed by atoms with Crippen molar-refractivity contribution in [1.82, 2.24) is 10.2 Å². The van der Waals surface area contributed by atoms with Crippen molar-refractivity contribution < 1.29 is 18.0 Å². The zero-order valence-corrected chi connectivity index (χ0v) is 25.2. The lowest BCUT2D eigenvalue weighted by molar-refractivity contribution is -0.140.